The number of hydrogen-bond acceptors (Lipinski definition) is 7. The predicted octanol–water partition coefficient (Wildman–Crippen LogP) is -0.465. The van der Waals surface area contributed by atoms with Gasteiger partial charge in [-0.1, -0.05) is 0 Å². The van der Waals surface area contributed by atoms with E-state index in [9.17, 15) is 18.0 Å². The van der Waals surface area contributed by atoms with Crippen LogP contribution in [0, 0.1) is 6.92 Å². The van der Waals surface area contributed by atoms with Crippen LogP contribution in [0.15, 0.2) is 23.1 Å². The molecular weight excluding hydrogens is 412 g/mol. The maximum Gasteiger partial charge on any atom is 0.309 e. The lowest BCUT2D eigenvalue weighted by Gasteiger charge is -2.23. The molecule has 2 amide bonds. The van der Waals surface area contributed by atoms with E-state index in [1.807, 2.05) is 19.0 Å². The van der Waals surface area contributed by atoms with Crippen LogP contribution in [-0.4, -0.2) is 89.7 Å². The van der Waals surface area contributed by atoms with E-state index >= 15 is 0 Å². The first-order valence-electron chi connectivity index (χ1n) is 9.65. The van der Waals surface area contributed by atoms with E-state index in [4.69, 9.17) is 9.47 Å². The normalized spacial score (nSPS) is 17.2. The van der Waals surface area contributed by atoms with Gasteiger partial charge in [0, 0.05) is 13.1 Å². The van der Waals surface area contributed by atoms with Crippen molar-refractivity contribution in [1.29, 1.82) is 0 Å². The fraction of sp³-hybridized carbons (Fsp3) is 0.579. The molecule has 0 aromatic heterocycles. The Balaban J connectivity index is 1.94. The highest BCUT2D eigenvalue weighted by molar-refractivity contribution is 7.89. The van der Waals surface area contributed by atoms with Crippen molar-refractivity contribution < 1.29 is 27.5 Å². The van der Waals surface area contributed by atoms with Gasteiger partial charge in [-0.05, 0) is 57.7 Å². The fourth-order valence-corrected chi connectivity index (χ4v) is 4.62. The summed E-state index contributed by atoms with van der Waals surface area (Å²) in [5, 5.41) is 4.98. The number of carbonyl (C=O) groups excluding carboxylic acids is 2. The van der Waals surface area contributed by atoms with Crippen LogP contribution in [0.4, 0.5) is 0 Å². The first-order valence-corrected chi connectivity index (χ1v) is 11.1. The zero-order chi connectivity index (χ0) is 22.3. The van der Waals surface area contributed by atoms with Gasteiger partial charge < -0.3 is 25.0 Å². The van der Waals surface area contributed by atoms with Crippen molar-refractivity contribution in [3.63, 3.8) is 0 Å². The van der Waals surface area contributed by atoms with Crippen LogP contribution in [0.1, 0.15) is 12.0 Å². The second-order valence-electron chi connectivity index (χ2n) is 7.20. The van der Waals surface area contributed by atoms with Crippen LogP contribution < -0.4 is 15.4 Å². The van der Waals surface area contributed by atoms with Crippen LogP contribution in [0.5, 0.6) is 5.75 Å². The standard InChI is InChI=1S/C19H30N4O6S/c1-14-12-15(6-7-16(14)28-4)30(26,27)23-10-11-29-17(23)13-21-19(25)18(24)20-8-5-9-22(2)3/h6-7,12,17H,5,8-11,13H2,1-4H3,(H,20,24)(H,21,25)/t17-/m1/s1. The number of benzene rings is 1. The Morgan fingerprint density at radius 3 is 2.60 bits per heavy atom. The summed E-state index contributed by atoms with van der Waals surface area (Å²) in [5.74, 6) is -0.994. The summed E-state index contributed by atoms with van der Waals surface area (Å²) in [5.41, 5.74) is 0.689. The van der Waals surface area contributed by atoms with Gasteiger partial charge in [0.25, 0.3) is 0 Å². The zero-order valence-corrected chi connectivity index (χ0v) is 18.6. The summed E-state index contributed by atoms with van der Waals surface area (Å²) in [7, 11) is 1.52. The molecule has 1 aromatic carbocycles. The Labute approximate surface area is 177 Å². The lowest BCUT2D eigenvalue weighted by Crippen LogP contribution is -2.47. The topological polar surface area (TPSA) is 117 Å². The van der Waals surface area contributed by atoms with Crippen LogP contribution in [0.2, 0.25) is 0 Å². The molecule has 0 radical (unpaired) electrons. The molecule has 1 atom stereocenters. The quantitative estimate of drug-likeness (QED) is 0.392. The predicted molar refractivity (Wildman–Crippen MR) is 111 cm³/mol. The van der Waals surface area contributed by atoms with Crippen molar-refractivity contribution in [3.8, 4) is 5.75 Å². The second-order valence-corrected chi connectivity index (χ2v) is 9.09. The molecule has 1 aliphatic rings. The number of carbonyl (C=O) groups is 2. The molecule has 2 N–H and O–H groups in total. The van der Waals surface area contributed by atoms with Crippen molar-refractivity contribution in [2.45, 2.75) is 24.5 Å². The third-order valence-electron chi connectivity index (χ3n) is 4.63. The molecule has 30 heavy (non-hydrogen) atoms. The Morgan fingerprint density at radius 1 is 1.27 bits per heavy atom. The van der Waals surface area contributed by atoms with Crippen molar-refractivity contribution in [3.05, 3.63) is 23.8 Å². The Kier molecular flexibility index (Phi) is 8.59. The number of sulfonamides is 1. The average Bonchev–Trinajstić information content (AvgIpc) is 3.18. The van der Waals surface area contributed by atoms with Crippen LogP contribution >= 0.6 is 0 Å². The third kappa shape index (κ3) is 6.14. The Hall–Kier alpha value is -2.21. The molecule has 0 bridgehead atoms. The van der Waals surface area contributed by atoms with E-state index in [1.165, 1.54) is 23.5 Å². The highest BCUT2D eigenvalue weighted by Crippen LogP contribution is 2.26. The van der Waals surface area contributed by atoms with Gasteiger partial charge in [0.05, 0.1) is 25.2 Å². The van der Waals surface area contributed by atoms with Gasteiger partial charge in [-0.15, -0.1) is 0 Å². The first kappa shape index (κ1) is 24.1. The highest BCUT2D eigenvalue weighted by atomic mass is 32.2. The zero-order valence-electron chi connectivity index (χ0n) is 17.8. The molecule has 168 valence electrons. The molecule has 10 nitrogen and oxygen atoms in total. The van der Waals surface area contributed by atoms with E-state index in [1.54, 1.807) is 13.0 Å². The van der Waals surface area contributed by atoms with E-state index in [0.717, 1.165) is 6.54 Å². The molecule has 0 spiro atoms. The molecule has 1 heterocycles. The largest absolute Gasteiger partial charge is 0.496 e. The SMILES string of the molecule is COc1ccc(S(=O)(=O)N2CCO[C@@H]2CNC(=O)C(=O)NCCCN(C)C)cc1C. The number of amides is 2. The summed E-state index contributed by atoms with van der Waals surface area (Å²) >= 11 is 0. The minimum atomic E-state index is -3.83. The molecule has 0 unspecified atom stereocenters. The average molecular weight is 443 g/mol. The number of rotatable bonds is 9. The van der Waals surface area contributed by atoms with Crippen molar-refractivity contribution in [2.24, 2.45) is 0 Å². The highest BCUT2D eigenvalue weighted by Gasteiger charge is 2.36. The first-order chi connectivity index (χ1) is 14.2. The van der Waals surface area contributed by atoms with Gasteiger partial charge in [-0.2, -0.15) is 4.31 Å². The molecule has 11 heteroatoms. The second kappa shape index (κ2) is 10.7. The minimum absolute atomic E-state index is 0.112. The van der Waals surface area contributed by atoms with Crippen LogP contribution in [0.25, 0.3) is 0 Å². The molecule has 1 aliphatic heterocycles. The smallest absolute Gasteiger partial charge is 0.309 e. The maximum absolute atomic E-state index is 13.0. The lowest BCUT2D eigenvalue weighted by molar-refractivity contribution is -0.139. The summed E-state index contributed by atoms with van der Waals surface area (Å²) < 4.78 is 37.9. The van der Waals surface area contributed by atoms with Crippen molar-refractivity contribution in [1.82, 2.24) is 19.8 Å². The maximum atomic E-state index is 13.0. The third-order valence-corrected chi connectivity index (χ3v) is 6.51. The number of aryl methyl sites for hydroxylation is 1. The van der Waals surface area contributed by atoms with Crippen LogP contribution in [0.3, 0.4) is 0 Å². The minimum Gasteiger partial charge on any atom is -0.496 e. The van der Waals surface area contributed by atoms with Gasteiger partial charge in [0.1, 0.15) is 12.0 Å². The number of hydrogen-bond donors (Lipinski definition) is 2. The van der Waals surface area contributed by atoms with Gasteiger partial charge in [0.2, 0.25) is 10.0 Å². The van der Waals surface area contributed by atoms with Gasteiger partial charge >= 0.3 is 11.8 Å². The molecule has 1 aromatic rings. The number of nitrogens with one attached hydrogen (secondary N) is 2. The van der Waals surface area contributed by atoms with Gasteiger partial charge in [0.15, 0.2) is 0 Å². The molecule has 0 saturated carbocycles. The molecule has 1 fully saturated rings. The monoisotopic (exact) mass is 442 g/mol. The Morgan fingerprint density at radius 2 is 1.97 bits per heavy atom. The number of nitrogens with zero attached hydrogens (tertiary/aromatic N) is 2. The molecular formula is C19H30N4O6S. The van der Waals surface area contributed by atoms with E-state index in [0.29, 0.717) is 24.3 Å². The summed E-state index contributed by atoms with van der Waals surface area (Å²) in [6.07, 6.45) is -0.173. The molecule has 2 rings (SSSR count). The number of methoxy groups -OCH3 is 1. The lowest BCUT2D eigenvalue weighted by atomic mass is 10.2. The van der Waals surface area contributed by atoms with E-state index in [-0.39, 0.29) is 24.6 Å². The van der Waals surface area contributed by atoms with Crippen molar-refractivity contribution >= 4 is 21.8 Å². The number of ether oxygens (including phenoxy) is 2. The molecule has 1 saturated heterocycles. The summed E-state index contributed by atoms with van der Waals surface area (Å²) in [6, 6.07) is 4.59. The van der Waals surface area contributed by atoms with E-state index < -0.39 is 28.1 Å². The Bertz CT molecular complexity index is 859. The summed E-state index contributed by atoms with van der Waals surface area (Å²) in [6.45, 7) is 3.15. The van der Waals surface area contributed by atoms with Gasteiger partial charge in [-0.25, -0.2) is 8.42 Å². The molecule has 0 aliphatic carbocycles. The van der Waals surface area contributed by atoms with Crippen LogP contribution in [-0.2, 0) is 24.3 Å². The van der Waals surface area contributed by atoms with Crippen molar-refractivity contribution in [2.75, 3.05) is 54.0 Å². The van der Waals surface area contributed by atoms with E-state index in [2.05, 4.69) is 10.6 Å². The van der Waals surface area contributed by atoms with Gasteiger partial charge in [-0.3, -0.25) is 9.59 Å². The summed E-state index contributed by atoms with van der Waals surface area (Å²) in [4.78, 5) is 26.0. The fourth-order valence-electron chi connectivity index (χ4n) is 3.03.